The van der Waals surface area contributed by atoms with Gasteiger partial charge in [0, 0.05) is 25.1 Å². The van der Waals surface area contributed by atoms with Gasteiger partial charge < -0.3 is 14.4 Å². The highest BCUT2D eigenvalue weighted by molar-refractivity contribution is 6.23. The van der Waals surface area contributed by atoms with E-state index < -0.39 is 5.97 Å². The first-order valence-electron chi connectivity index (χ1n) is 10.4. The molecule has 1 fully saturated rings. The first-order valence-corrected chi connectivity index (χ1v) is 10.4. The Morgan fingerprint density at radius 2 is 1.77 bits per heavy atom. The third kappa shape index (κ3) is 4.53. The molecule has 1 aliphatic carbocycles. The fraction of sp³-hybridized carbons (Fsp3) is 0.320. The number of amides is 1. The Labute approximate surface area is 181 Å². The van der Waals surface area contributed by atoms with Crippen LogP contribution in [0.2, 0.25) is 0 Å². The van der Waals surface area contributed by atoms with Crippen LogP contribution in [0.4, 0.5) is 4.79 Å². The van der Waals surface area contributed by atoms with Gasteiger partial charge in [0.15, 0.2) is 5.78 Å². The number of likely N-dealkylation sites (tertiary alicyclic amines) is 1. The number of piperidine rings is 1. The fourth-order valence-corrected chi connectivity index (χ4v) is 4.29. The zero-order valence-corrected chi connectivity index (χ0v) is 17.5. The topological polar surface area (TPSA) is 72.9 Å². The van der Waals surface area contributed by atoms with Crippen molar-refractivity contribution in [3.63, 3.8) is 0 Å². The Bertz CT molecular complexity index is 1020. The van der Waals surface area contributed by atoms with Crippen LogP contribution in [0, 0.1) is 5.41 Å². The summed E-state index contributed by atoms with van der Waals surface area (Å²) in [6, 6.07) is 16.6. The maximum absolute atomic E-state index is 12.8. The number of nitrogens with zero attached hydrogens (tertiary/aromatic N) is 1. The largest absolute Gasteiger partial charge is 0.465 e. The summed E-state index contributed by atoms with van der Waals surface area (Å²) in [6.07, 6.45) is 3.56. The van der Waals surface area contributed by atoms with Crippen molar-refractivity contribution in [3.8, 4) is 0 Å². The third-order valence-electron chi connectivity index (χ3n) is 6.08. The Kier molecular flexibility index (Phi) is 5.89. The molecule has 2 aliphatic rings. The second-order valence-electron chi connectivity index (χ2n) is 8.12. The van der Waals surface area contributed by atoms with E-state index >= 15 is 0 Å². The molecule has 31 heavy (non-hydrogen) atoms. The molecular formula is C25H25NO5. The molecule has 0 atom stereocenters. The van der Waals surface area contributed by atoms with Crippen molar-refractivity contribution >= 4 is 23.4 Å². The van der Waals surface area contributed by atoms with Crippen LogP contribution in [-0.4, -0.2) is 42.9 Å². The minimum atomic E-state index is -0.426. The van der Waals surface area contributed by atoms with Gasteiger partial charge in [0.1, 0.15) is 6.61 Å². The molecule has 0 N–H and O–H groups in total. The fourth-order valence-electron chi connectivity index (χ4n) is 4.29. The van der Waals surface area contributed by atoms with E-state index in [1.165, 1.54) is 7.11 Å². The second-order valence-corrected chi connectivity index (χ2v) is 8.12. The van der Waals surface area contributed by atoms with Crippen LogP contribution in [0.15, 0.2) is 60.7 Å². The summed E-state index contributed by atoms with van der Waals surface area (Å²) in [5.41, 5.74) is 2.50. The Morgan fingerprint density at radius 3 is 2.48 bits per heavy atom. The lowest BCUT2D eigenvalue weighted by atomic mass is 9.78. The van der Waals surface area contributed by atoms with Gasteiger partial charge >= 0.3 is 12.1 Å². The SMILES string of the molecule is COC(=O)c1cccc(C2=CC3(CCN(C(=O)OCc4ccccc4)CC3)CC2=O)c1. The van der Waals surface area contributed by atoms with Gasteiger partial charge in [-0.05, 0) is 41.5 Å². The molecule has 6 heteroatoms. The molecule has 0 bridgehead atoms. The Balaban J connectivity index is 1.40. The molecule has 0 saturated carbocycles. The minimum absolute atomic E-state index is 0.0714. The average Bonchev–Trinajstić information content (AvgIpc) is 3.13. The number of hydrogen-bond donors (Lipinski definition) is 0. The third-order valence-corrected chi connectivity index (χ3v) is 6.08. The van der Waals surface area contributed by atoms with Crippen LogP contribution < -0.4 is 0 Å². The van der Waals surface area contributed by atoms with Crippen LogP contribution in [-0.2, 0) is 20.9 Å². The summed E-state index contributed by atoms with van der Waals surface area (Å²) in [4.78, 5) is 38.8. The van der Waals surface area contributed by atoms with Gasteiger partial charge in [-0.1, -0.05) is 48.5 Å². The molecule has 1 amide bonds. The van der Waals surface area contributed by atoms with Gasteiger partial charge in [-0.15, -0.1) is 0 Å². The number of hydrogen-bond acceptors (Lipinski definition) is 5. The molecule has 2 aromatic carbocycles. The van der Waals surface area contributed by atoms with Crippen LogP contribution >= 0.6 is 0 Å². The van der Waals surface area contributed by atoms with Gasteiger partial charge in [-0.3, -0.25) is 4.79 Å². The first kappa shape index (κ1) is 20.8. The lowest BCUT2D eigenvalue weighted by Gasteiger charge is -2.37. The van der Waals surface area contributed by atoms with E-state index in [9.17, 15) is 14.4 Å². The summed E-state index contributed by atoms with van der Waals surface area (Å²) in [7, 11) is 1.34. The second kappa shape index (κ2) is 8.76. The van der Waals surface area contributed by atoms with E-state index in [1.54, 1.807) is 23.1 Å². The summed E-state index contributed by atoms with van der Waals surface area (Å²) in [6.45, 7) is 1.35. The molecule has 0 unspecified atom stereocenters. The van der Waals surface area contributed by atoms with Gasteiger partial charge in [0.25, 0.3) is 0 Å². The van der Waals surface area contributed by atoms with Crippen LogP contribution in [0.5, 0.6) is 0 Å². The highest BCUT2D eigenvalue weighted by Gasteiger charge is 2.42. The monoisotopic (exact) mass is 419 g/mol. The number of carbonyl (C=O) groups excluding carboxylic acids is 3. The van der Waals surface area contributed by atoms with Crippen LogP contribution in [0.3, 0.4) is 0 Å². The van der Waals surface area contributed by atoms with Gasteiger partial charge in [-0.2, -0.15) is 0 Å². The number of ketones is 1. The maximum Gasteiger partial charge on any atom is 0.410 e. The molecule has 0 aromatic heterocycles. The Hall–Kier alpha value is -3.41. The molecule has 1 heterocycles. The lowest BCUT2D eigenvalue weighted by molar-refractivity contribution is -0.114. The van der Waals surface area contributed by atoms with Crippen molar-refractivity contribution in [1.82, 2.24) is 4.90 Å². The van der Waals surface area contributed by atoms with Gasteiger partial charge in [0.05, 0.1) is 12.7 Å². The number of benzene rings is 2. The standard InChI is InChI=1S/C25H25NO5/c1-30-23(28)20-9-5-8-19(14-20)21-15-25(16-22(21)27)10-12-26(13-11-25)24(29)31-17-18-6-3-2-4-7-18/h2-9,14-15H,10-13,16-17H2,1H3. The van der Waals surface area contributed by atoms with E-state index in [0.717, 1.165) is 11.1 Å². The van der Waals surface area contributed by atoms with E-state index in [1.807, 2.05) is 42.5 Å². The highest BCUT2D eigenvalue weighted by atomic mass is 16.6. The van der Waals surface area contributed by atoms with Crippen molar-refractivity contribution in [2.24, 2.45) is 5.41 Å². The predicted octanol–water partition coefficient (Wildman–Crippen LogP) is 4.25. The van der Waals surface area contributed by atoms with E-state index in [-0.39, 0.29) is 23.9 Å². The molecule has 4 rings (SSSR count). The van der Waals surface area contributed by atoms with E-state index in [0.29, 0.717) is 43.5 Å². The van der Waals surface area contributed by atoms with Crippen molar-refractivity contribution in [3.05, 3.63) is 77.4 Å². The van der Waals surface area contributed by atoms with Crippen LogP contribution in [0.25, 0.3) is 5.57 Å². The number of allylic oxidation sites excluding steroid dienone is 2. The molecule has 1 saturated heterocycles. The smallest absolute Gasteiger partial charge is 0.410 e. The maximum atomic E-state index is 12.8. The summed E-state index contributed by atoms with van der Waals surface area (Å²) >= 11 is 0. The molecule has 160 valence electrons. The van der Waals surface area contributed by atoms with E-state index in [2.05, 4.69) is 0 Å². The molecule has 2 aromatic rings. The summed E-state index contributed by atoms with van der Waals surface area (Å²) in [5.74, 6) is -0.355. The highest BCUT2D eigenvalue weighted by Crippen LogP contribution is 2.45. The zero-order chi connectivity index (χ0) is 21.8. The summed E-state index contributed by atoms with van der Waals surface area (Å²) in [5, 5.41) is 0. The summed E-state index contributed by atoms with van der Waals surface area (Å²) < 4.78 is 10.2. The van der Waals surface area contributed by atoms with Gasteiger partial charge in [0.2, 0.25) is 0 Å². The number of ether oxygens (including phenoxy) is 2. The number of methoxy groups -OCH3 is 1. The normalized spacial score (nSPS) is 17.4. The van der Waals surface area contributed by atoms with Crippen molar-refractivity contribution in [2.45, 2.75) is 25.9 Å². The lowest BCUT2D eigenvalue weighted by Crippen LogP contribution is -2.42. The predicted molar refractivity (Wildman–Crippen MR) is 115 cm³/mol. The zero-order valence-electron chi connectivity index (χ0n) is 17.5. The molecule has 1 spiro atoms. The number of rotatable bonds is 4. The molecule has 1 aliphatic heterocycles. The number of esters is 1. The quantitative estimate of drug-likeness (QED) is 0.693. The number of Topliss-reactive ketones (excluding diaryl/α,β-unsaturated/α-hetero) is 1. The van der Waals surface area contributed by atoms with Crippen molar-refractivity contribution < 1.29 is 23.9 Å². The minimum Gasteiger partial charge on any atom is -0.465 e. The van der Waals surface area contributed by atoms with E-state index in [4.69, 9.17) is 9.47 Å². The van der Waals surface area contributed by atoms with Crippen molar-refractivity contribution in [1.29, 1.82) is 0 Å². The molecule has 6 nitrogen and oxygen atoms in total. The first-order chi connectivity index (χ1) is 15.0. The molecule has 0 radical (unpaired) electrons. The molecular weight excluding hydrogens is 394 g/mol. The van der Waals surface area contributed by atoms with Crippen molar-refractivity contribution in [2.75, 3.05) is 20.2 Å². The Morgan fingerprint density at radius 1 is 1.03 bits per heavy atom. The van der Waals surface area contributed by atoms with Crippen LogP contribution in [0.1, 0.15) is 40.7 Å². The number of carbonyl (C=O) groups is 3. The average molecular weight is 419 g/mol. The van der Waals surface area contributed by atoms with Gasteiger partial charge in [-0.25, -0.2) is 9.59 Å².